The van der Waals surface area contributed by atoms with E-state index in [4.69, 9.17) is 0 Å². The summed E-state index contributed by atoms with van der Waals surface area (Å²) in [4.78, 5) is 2.47. The van der Waals surface area contributed by atoms with Crippen molar-refractivity contribution in [2.24, 2.45) is 5.92 Å². The first-order valence-corrected chi connectivity index (χ1v) is 5.48. The van der Waals surface area contributed by atoms with Gasteiger partial charge in [0.2, 0.25) is 0 Å². The summed E-state index contributed by atoms with van der Waals surface area (Å²) in [5.74, 6) is 7.10. The van der Waals surface area contributed by atoms with E-state index in [1.165, 1.54) is 38.8 Å². The maximum Gasteiger partial charge on any atom is 0.0601 e. The summed E-state index contributed by atoms with van der Waals surface area (Å²) in [6.07, 6.45) is 5.55. The van der Waals surface area contributed by atoms with Crippen LogP contribution in [0.2, 0.25) is 0 Å². The number of hydrogen-bond donors (Lipinski definition) is 0. The molecule has 0 radical (unpaired) electrons. The standard InChI is InChI=1S/C12H21N/c1-3-5-9-13-10-7-12(6-4-2)8-11-13/h12H,4,6-11H2,1-2H3. The zero-order valence-electron chi connectivity index (χ0n) is 8.97. The van der Waals surface area contributed by atoms with Gasteiger partial charge in [-0.25, -0.2) is 0 Å². The summed E-state index contributed by atoms with van der Waals surface area (Å²) < 4.78 is 0. The summed E-state index contributed by atoms with van der Waals surface area (Å²) >= 11 is 0. The highest BCUT2D eigenvalue weighted by Crippen LogP contribution is 2.20. The van der Waals surface area contributed by atoms with Crippen LogP contribution in [0.3, 0.4) is 0 Å². The van der Waals surface area contributed by atoms with Gasteiger partial charge >= 0.3 is 0 Å². The maximum atomic E-state index is 3.14. The topological polar surface area (TPSA) is 3.24 Å². The number of hydrogen-bond acceptors (Lipinski definition) is 1. The fourth-order valence-electron chi connectivity index (χ4n) is 2.03. The second-order valence-corrected chi connectivity index (χ2v) is 3.93. The molecular weight excluding hydrogens is 158 g/mol. The van der Waals surface area contributed by atoms with Crippen LogP contribution in [0.4, 0.5) is 0 Å². The Bertz CT molecular complexity index is 179. The Kier molecular flexibility index (Phi) is 4.93. The predicted octanol–water partition coefficient (Wildman–Crippen LogP) is 2.52. The zero-order valence-corrected chi connectivity index (χ0v) is 8.97. The molecule has 0 unspecified atom stereocenters. The minimum atomic E-state index is 0.981. The van der Waals surface area contributed by atoms with Crippen LogP contribution in [0.1, 0.15) is 39.5 Å². The van der Waals surface area contributed by atoms with E-state index in [9.17, 15) is 0 Å². The number of rotatable bonds is 3. The van der Waals surface area contributed by atoms with Crippen molar-refractivity contribution < 1.29 is 0 Å². The molecular formula is C12H21N. The Morgan fingerprint density at radius 2 is 2.00 bits per heavy atom. The molecule has 1 nitrogen and oxygen atoms in total. The molecule has 1 aliphatic rings. The highest BCUT2D eigenvalue weighted by atomic mass is 15.1. The zero-order chi connectivity index (χ0) is 9.52. The molecule has 0 aliphatic carbocycles. The average molecular weight is 179 g/mol. The second-order valence-electron chi connectivity index (χ2n) is 3.93. The Hall–Kier alpha value is -0.480. The molecule has 1 fully saturated rings. The molecule has 0 aromatic heterocycles. The van der Waals surface area contributed by atoms with Crippen molar-refractivity contribution >= 4 is 0 Å². The van der Waals surface area contributed by atoms with Crippen LogP contribution >= 0.6 is 0 Å². The van der Waals surface area contributed by atoms with Gasteiger partial charge in [-0.3, -0.25) is 4.90 Å². The molecule has 0 aromatic carbocycles. The third-order valence-corrected chi connectivity index (χ3v) is 2.88. The lowest BCUT2D eigenvalue weighted by Gasteiger charge is -2.30. The van der Waals surface area contributed by atoms with Crippen molar-refractivity contribution in [2.45, 2.75) is 39.5 Å². The van der Waals surface area contributed by atoms with Gasteiger partial charge in [-0.1, -0.05) is 25.7 Å². The number of likely N-dealkylation sites (tertiary alicyclic amines) is 1. The van der Waals surface area contributed by atoms with Crippen LogP contribution in [0.15, 0.2) is 0 Å². The van der Waals surface area contributed by atoms with Gasteiger partial charge in [0.1, 0.15) is 0 Å². The Morgan fingerprint density at radius 3 is 2.54 bits per heavy atom. The fraction of sp³-hybridized carbons (Fsp3) is 0.833. The molecule has 0 bridgehead atoms. The van der Waals surface area contributed by atoms with E-state index in [0.29, 0.717) is 0 Å². The van der Waals surface area contributed by atoms with E-state index < -0.39 is 0 Å². The van der Waals surface area contributed by atoms with Gasteiger partial charge in [-0.2, -0.15) is 0 Å². The Labute approximate surface area is 82.5 Å². The molecule has 0 N–H and O–H groups in total. The average Bonchev–Trinajstić information content (AvgIpc) is 2.17. The smallest absolute Gasteiger partial charge is 0.0601 e. The van der Waals surface area contributed by atoms with E-state index in [1.54, 1.807) is 0 Å². The van der Waals surface area contributed by atoms with Crippen molar-refractivity contribution in [3.8, 4) is 11.8 Å². The van der Waals surface area contributed by atoms with Crippen molar-refractivity contribution in [1.29, 1.82) is 0 Å². The summed E-state index contributed by atoms with van der Waals surface area (Å²) in [6.45, 7) is 7.72. The van der Waals surface area contributed by atoms with E-state index in [-0.39, 0.29) is 0 Å². The van der Waals surface area contributed by atoms with Crippen molar-refractivity contribution in [3.63, 3.8) is 0 Å². The molecule has 1 saturated heterocycles. The van der Waals surface area contributed by atoms with Gasteiger partial charge in [-0.15, -0.1) is 5.92 Å². The summed E-state index contributed by atoms with van der Waals surface area (Å²) in [7, 11) is 0. The quantitative estimate of drug-likeness (QED) is 0.602. The van der Waals surface area contributed by atoms with Crippen molar-refractivity contribution in [2.75, 3.05) is 19.6 Å². The lowest BCUT2D eigenvalue weighted by Crippen LogP contribution is -2.33. The molecule has 0 spiro atoms. The van der Waals surface area contributed by atoms with E-state index >= 15 is 0 Å². The van der Waals surface area contributed by atoms with Gasteiger partial charge in [0.25, 0.3) is 0 Å². The summed E-state index contributed by atoms with van der Waals surface area (Å²) in [6, 6.07) is 0. The van der Waals surface area contributed by atoms with Crippen LogP contribution in [0.25, 0.3) is 0 Å². The first kappa shape index (κ1) is 10.6. The highest BCUT2D eigenvalue weighted by molar-refractivity contribution is 4.98. The van der Waals surface area contributed by atoms with E-state index in [1.807, 2.05) is 6.92 Å². The molecule has 0 amide bonds. The van der Waals surface area contributed by atoms with Gasteiger partial charge in [0.05, 0.1) is 6.54 Å². The van der Waals surface area contributed by atoms with E-state index in [2.05, 4.69) is 23.7 Å². The molecule has 1 aliphatic heterocycles. The predicted molar refractivity (Wildman–Crippen MR) is 57.5 cm³/mol. The van der Waals surface area contributed by atoms with Gasteiger partial charge in [-0.05, 0) is 38.8 Å². The fourth-order valence-corrected chi connectivity index (χ4v) is 2.03. The normalized spacial score (nSPS) is 19.5. The molecule has 0 aromatic rings. The van der Waals surface area contributed by atoms with Gasteiger partial charge in [0, 0.05) is 0 Å². The lowest BCUT2D eigenvalue weighted by molar-refractivity contribution is 0.196. The minimum absolute atomic E-state index is 0.981. The van der Waals surface area contributed by atoms with Crippen LogP contribution in [-0.2, 0) is 0 Å². The Morgan fingerprint density at radius 1 is 1.31 bits per heavy atom. The number of nitrogens with zero attached hydrogens (tertiary/aromatic N) is 1. The molecule has 1 heteroatoms. The van der Waals surface area contributed by atoms with Gasteiger partial charge in [0.15, 0.2) is 0 Å². The molecule has 74 valence electrons. The third kappa shape index (κ3) is 3.83. The lowest BCUT2D eigenvalue weighted by atomic mass is 9.92. The first-order chi connectivity index (χ1) is 6.36. The highest BCUT2D eigenvalue weighted by Gasteiger charge is 2.17. The molecule has 0 saturated carbocycles. The second kappa shape index (κ2) is 6.05. The van der Waals surface area contributed by atoms with E-state index in [0.717, 1.165) is 12.5 Å². The molecule has 0 atom stereocenters. The van der Waals surface area contributed by atoms with Crippen LogP contribution in [0, 0.1) is 17.8 Å². The third-order valence-electron chi connectivity index (χ3n) is 2.88. The first-order valence-electron chi connectivity index (χ1n) is 5.48. The van der Waals surface area contributed by atoms with Crippen molar-refractivity contribution in [3.05, 3.63) is 0 Å². The summed E-state index contributed by atoms with van der Waals surface area (Å²) in [5, 5.41) is 0. The van der Waals surface area contributed by atoms with Crippen molar-refractivity contribution in [1.82, 2.24) is 4.90 Å². The molecule has 13 heavy (non-hydrogen) atoms. The number of piperidine rings is 1. The largest absolute Gasteiger partial charge is 0.292 e. The SMILES string of the molecule is CC#CCN1CCC(CCC)CC1. The maximum absolute atomic E-state index is 3.14. The van der Waals surface area contributed by atoms with Crippen LogP contribution < -0.4 is 0 Å². The summed E-state index contributed by atoms with van der Waals surface area (Å²) in [5.41, 5.74) is 0. The Balaban J connectivity index is 2.17. The van der Waals surface area contributed by atoms with Gasteiger partial charge < -0.3 is 0 Å². The minimum Gasteiger partial charge on any atom is -0.292 e. The van der Waals surface area contributed by atoms with Crippen LogP contribution in [0.5, 0.6) is 0 Å². The van der Waals surface area contributed by atoms with Crippen LogP contribution in [-0.4, -0.2) is 24.5 Å². The molecule has 1 heterocycles. The monoisotopic (exact) mass is 179 g/mol. The molecule has 1 rings (SSSR count).